The molecule has 0 saturated heterocycles. The van der Waals surface area contributed by atoms with Gasteiger partial charge in [0.15, 0.2) is 0 Å². The SMILES string of the molecule is CCC1CCCC(CN)(C(O)c2c(C)nn(C)c2OC)C1. The van der Waals surface area contributed by atoms with Gasteiger partial charge >= 0.3 is 0 Å². The molecule has 5 heteroatoms. The van der Waals surface area contributed by atoms with Gasteiger partial charge in [0.2, 0.25) is 5.88 Å². The molecule has 0 aliphatic heterocycles. The van der Waals surface area contributed by atoms with E-state index in [-0.39, 0.29) is 5.41 Å². The van der Waals surface area contributed by atoms with Crippen LogP contribution in [0, 0.1) is 18.3 Å². The largest absolute Gasteiger partial charge is 0.481 e. The van der Waals surface area contributed by atoms with Gasteiger partial charge in [-0.05, 0) is 25.7 Å². The van der Waals surface area contributed by atoms with E-state index in [4.69, 9.17) is 10.5 Å². The van der Waals surface area contributed by atoms with Crippen molar-refractivity contribution < 1.29 is 9.84 Å². The van der Waals surface area contributed by atoms with Crippen LogP contribution in [0.2, 0.25) is 0 Å². The summed E-state index contributed by atoms with van der Waals surface area (Å²) in [7, 11) is 3.46. The van der Waals surface area contributed by atoms with Crippen molar-refractivity contribution in [3.05, 3.63) is 11.3 Å². The van der Waals surface area contributed by atoms with Crippen molar-refractivity contribution in [2.75, 3.05) is 13.7 Å². The highest BCUT2D eigenvalue weighted by atomic mass is 16.5. The highest BCUT2D eigenvalue weighted by molar-refractivity contribution is 5.34. The molecule has 1 saturated carbocycles. The molecule has 1 fully saturated rings. The Labute approximate surface area is 127 Å². The van der Waals surface area contributed by atoms with Gasteiger partial charge in [-0.3, -0.25) is 0 Å². The third-order valence-electron chi connectivity index (χ3n) is 5.23. The van der Waals surface area contributed by atoms with Crippen molar-refractivity contribution in [1.82, 2.24) is 9.78 Å². The zero-order chi connectivity index (χ0) is 15.6. The molecule has 0 spiro atoms. The van der Waals surface area contributed by atoms with Crippen molar-refractivity contribution in [1.29, 1.82) is 0 Å². The summed E-state index contributed by atoms with van der Waals surface area (Å²) < 4.78 is 7.14. The molecular weight excluding hydrogens is 266 g/mol. The Hall–Kier alpha value is -1.07. The minimum Gasteiger partial charge on any atom is -0.481 e. The van der Waals surface area contributed by atoms with Gasteiger partial charge < -0.3 is 15.6 Å². The standard InChI is InChI=1S/C16H29N3O2/c1-5-12-7-6-8-16(9-12,10-17)14(20)13-11(2)18-19(3)15(13)21-4/h12,14,20H,5-10,17H2,1-4H3. The number of aliphatic hydroxyl groups excluding tert-OH is 1. The van der Waals surface area contributed by atoms with Gasteiger partial charge in [-0.15, -0.1) is 0 Å². The Morgan fingerprint density at radius 1 is 1.57 bits per heavy atom. The number of aryl methyl sites for hydroxylation is 2. The summed E-state index contributed by atoms with van der Waals surface area (Å²) in [4.78, 5) is 0. The first-order valence-electron chi connectivity index (χ1n) is 7.94. The fraction of sp³-hybridized carbons (Fsp3) is 0.812. The van der Waals surface area contributed by atoms with Gasteiger partial charge in [-0.1, -0.05) is 26.2 Å². The fourth-order valence-electron chi connectivity index (χ4n) is 3.93. The number of ether oxygens (including phenoxy) is 1. The molecule has 3 unspecified atom stereocenters. The normalized spacial score (nSPS) is 27.6. The average Bonchev–Trinajstić information content (AvgIpc) is 2.79. The predicted octanol–water partition coefficient (Wildman–Crippen LogP) is 2.32. The molecule has 0 radical (unpaired) electrons. The predicted molar refractivity (Wildman–Crippen MR) is 83.2 cm³/mol. The van der Waals surface area contributed by atoms with Crippen LogP contribution in [0.4, 0.5) is 0 Å². The highest BCUT2D eigenvalue weighted by Gasteiger charge is 2.43. The topological polar surface area (TPSA) is 73.3 Å². The van der Waals surface area contributed by atoms with Crippen LogP contribution in [-0.4, -0.2) is 28.5 Å². The van der Waals surface area contributed by atoms with E-state index in [1.807, 2.05) is 14.0 Å². The van der Waals surface area contributed by atoms with Gasteiger partial charge in [0, 0.05) is 19.0 Å². The number of rotatable bonds is 5. The zero-order valence-corrected chi connectivity index (χ0v) is 13.7. The molecule has 1 aromatic rings. The Balaban J connectivity index is 2.38. The molecule has 1 aromatic heterocycles. The molecule has 2 rings (SSSR count). The summed E-state index contributed by atoms with van der Waals surface area (Å²) >= 11 is 0. The van der Waals surface area contributed by atoms with Crippen LogP contribution >= 0.6 is 0 Å². The summed E-state index contributed by atoms with van der Waals surface area (Å²) in [5.41, 5.74) is 7.50. The monoisotopic (exact) mass is 295 g/mol. The fourth-order valence-corrected chi connectivity index (χ4v) is 3.93. The van der Waals surface area contributed by atoms with Gasteiger partial charge in [0.1, 0.15) is 0 Å². The van der Waals surface area contributed by atoms with Crippen LogP contribution in [0.15, 0.2) is 0 Å². The number of hydrogen-bond donors (Lipinski definition) is 2. The minimum absolute atomic E-state index is 0.250. The molecule has 5 nitrogen and oxygen atoms in total. The molecular formula is C16H29N3O2. The summed E-state index contributed by atoms with van der Waals surface area (Å²) in [6.07, 6.45) is 4.87. The second kappa shape index (κ2) is 6.36. The molecule has 0 aromatic carbocycles. The van der Waals surface area contributed by atoms with Crippen molar-refractivity contribution in [3.63, 3.8) is 0 Å². The third kappa shape index (κ3) is 2.81. The second-order valence-corrected chi connectivity index (χ2v) is 6.47. The Morgan fingerprint density at radius 2 is 2.29 bits per heavy atom. The van der Waals surface area contributed by atoms with E-state index in [0.29, 0.717) is 18.3 Å². The maximum Gasteiger partial charge on any atom is 0.217 e. The van der Waals surface area contributed by atoms with Crippen molar-refractivity contribution in [2.45, 2.75) is 52.1 Å². The summed E-state index contributed by atoms with van der Waals surface area (Å²) in [5.74, 6) is 1.30. The number of aliphatic hydroxyl groups is 1. The van der Waals surface area contributed by atoms with Crippen LogP contribution < -0.4 is 10.5 Å². The third-order valence-corrected chi connectivity index (χ3v) is 5.23. The van der Waals surface area contributed by atoms with Crippen LogP contribution in [0.1, 0.15) is 56.4 Å². The van der Waals surface area contributed by atoms with Crippen molar-refractivity contribution in [3.8, 4) is 5.88 Å². The number of aromatic nitrogens is 2. The lowest BCUT2D eigenvalue weighted by Crippen LogP contribution is -2.41. The van der Waals surface area contributed by atoms with Crippen LogP contribution in [0.5, 0.6) is 5.88 Å². The van der Waals surface area contributed by atoms with Crippen LogP contribution in [0.3, 0.4) is 0 Å². The lowest BCUT2D eigenvalue weighted by Gasteiger charge is -2.43. The average molecular weight is 295 g/mol. The van der Waals surface area contributed by atoms with Crippen molar-refractivity contribution in [2.24, 2.45) is 24.1 Å². The van der Waals surface area contributed by atoms with E-state index in [1.165, 1.54) is 6.42 Å². The lowest BCUT2D eigenvalue weighted by molar-refractivity contribution is -0.0178. The Kier molecular flexibility index (Phi) is 4.94. The molecule has 1 aliphatic rings. The van der Waals surface area contributed by atoms with Crippen LogP contribution in [-0.2, 0) is 7.05 Å². The van der Waals surface area contributed by atoms with E-state index in [1.54, 1.807) is 11.8 Å². The van der Waals surface area contributed by atoms with Gasteiger partial charge in [-0.25, -0.2) is 4.68 Å². The van der Waals surface area contributed by atoms with Gasteiger partial charge in [0.25, 0.3) is 0 Å². The summed E-state index contributed by atoms with van der Waals surface area (Å²) in [6.45, 7) is 4.65. The first-order valence-corrected chi connectivity index (χ1v) is 7.94. The second-order valence-electron chi connectivity index (χ2n) is 6.47. The minimum atomic E-state index is -0.611. The Bertz CT molecular complexity index is 486. The van der Waals surface area contributed by atoms with E-state index >= 15 is 0 Å². The van der Waals surface area contributed by atoms with E-state index < -0.39 is 6.10 Å². The Morgan fingerprint density at radius 3 is 2.86 bits per heavy atom. The van der Waals surface area contributed by atoms with Gasteiger partial charge in [0.05, 0.1) is 24.5 Å². The summed E-state index contributed by atoms with van der Waals surface area (Å²) in [6, 6.07) is 0. The molecule has 3 N–H and O–H groups in total. The molecule has 0 amide bonds. The molecule has 21 heavy (non-hydrogen) atoms. The number of hydrogen-bond acceptors (Lipinski definition) is 4. The number of nitrogens with zero attached hydrogens (tertiary/aromatic N) is 2. The smallest absolute Gasteiger partial charge is 0.217 e. The zero-order valence-electron chi connectivity index (χ0n) is 13.7. The highest BCUT2D eigenvalue weighted by Crippen LogP contribution is 2.50. The maximum absolute atomic E-state index is 11.1. The molecule has 3 atom stereocenters. The first-order chi connectivity index (χ1) is 9.99. The maximum atomic E-state index is 11.1. The molecule has 1 heterocycles. The van der Waals surface area contributed by atoms with Crippen molar-refractivity contribution >= 4 is 0 Å². The van der Waals surface area contributed by atoms with E-state index in [0.717, 1.165) is 36.9 Å². The molecule has 0 bridgehead atoms. The number of nitrogens with two attached hydrogens (primary N) is 1. The molecule has 120 valence electrons. The quantitative estimate of drug-likeness (QED) is 0.874. The molecule has 1 aliphatic carbocycles. The van der Waals surface area contributed by atoms with E-state index in [9.17, 15) is 5.11 Å². The first kappa shape index (κ1) is 16.3. The van der Waals surface area contributed by atoms with E-state index in [2.05, 4.69) is 12.0 Å². The number of methoxy groups -OCH3 is 1. The lowest BCUT2D eigenvalue weighted by atomic mass is 9.64. The van der Waals surface area contributed by atoms with Gasteiger partial charge in [-0.2, -0.15) is 5.10 Å². The summed E-state index contributed by atoms with van der Waals surface area (Å²) in [5, 5.41) is 15.5. The van der Waals surface area contributed by atoms with Crippen LogP contribution in [0.25, 0.3) is 0 Å².